The van der Waals surface area contributed by atoms with Crippen LogP contribution < -0.4 is 0 Å². The molecule has 0 aromatic carbocycles. The summed E-state index contributed by atoms with van der Waals surface area (Å²) < 4.78 is 16.8. The molecular formula is C14H29O8P. The van der Waals surface area contributed by atoms with E-state index >= 15 is 0 Å². The van der Waals surface area contributed by atoms with Crippen LogP contribution in [0.15, 0.2) is 0 Å². The Morgan fingerprint density at radius 2 is 1.35 bits per heavy atom. The summed E-state index contributed by atoms with van der Waals surface area (Å²) in [6.45, 7) is 5.05. The smallest absolute Gasteiger partial charge is 0.348 e. The first-order chi connectivity index (χ1) is 10.6. The lowest BCUT2D eigenvalue weighted by Gasteiger charge is -2.39. The molecule has 5 N–H and O–H groups in total. The number of hydrogen-bond acceptors (Lipinski definition) is 6. The van der Waals surface area contributed by atoms with Gasteiger partial charge in [0.25, 0.3) is 0 Å². The van der Waals surface area contributed by atoms with E-state index in [2.05, 4.69) is 0 Å². The minimum Gasteiger partial charge on any atom is -0.435 e. The highest BCUT2D eigenvalue weighted by Crippen LogP contribution is 2.56. The molecule has 8 nitrogen and oxygen atoms in total. The van der Waals surface area contributed by atoms with Crippen LogP contribution in [0.1, 0.15) is 59.3 Å². The third-order valence-corrected chi connectivity index (χ3v) is 5.47. The summed E-state index contributed by atoms with van der Waals surface area (Å²) in [6.07, 6.45) is -4.12. The van der Waals surface area contributed by atoms with E-state index in [1.807, 2.05) is 0 Å². The summed E-state index contributed by atoms with van der Waals surface area (Å²) in [5.41, 5.74) is 0. The second-order valence-corrected chi connectivity index (χ2v) is 7.46. The van der Waals surface area contributed by atoms with Gasteiger partial charge in [-0.2, -0.15) is 0 Å². The maximum absolute atomic E-state index is 12.4. The van der Waals surface area contributed by atoms with E-state index in [9.17, 15) is 34.5 Å². The van der Waals surface area contributed by atoms with Crippen molar-refractivity contribution in [3.63, 3.8) is 0 Å². The highest BCUT2D eigenvalue weighted by atomic mass is 31.2. The van der Waals surface area contributed by atoms with E-state index in [0.29, 0.717) is 19.3 Å². The van der Waals surface area contributed by atoms with Crippen LogP contribution in [0.25, 0.3) is 0 Å². The fraction of sp³-hybridized carbons (Fsp3) is 0.929. The lowest BCUT2D eigenvalue weighted by molar-refractivity contribution is -0.181. The summed E-state index contributed by atoms with van der Waals surface area (Å²) >= 11 is 0. The van der Waals surface area contributed by atoms with Crippen LogP contribution >= 0.6 is 7.60 Å². The lowest BCUT2D eigenvalue weighted by Crippen LogP contribution is -2.59. The van der Waals surface area contributed by atoms with Gasteiger partial charge >= 0.3 is 13.6 Å². The molecule has 0 radical (unpaired) electrons. The number of ether oxygens (including phenoxy) is 1. The molecule has 0 heterocycles. The molecule has 0 aromatic rings. The van der Waals surface area contributed by atoms with Gasteiger partial charge in [0.05, 0.1) is 12.2 Å². The van der Waals surface area contributed by atoms with Gasteiger partial charge < -0.3 is 29.8 Å². The third kappa shape index (κ3) is 5.24. The van der Waals surface area contributed by atoms with E-state index < -0.39 is 37.2 Å². The number of carbonyl (C=O) groups is 1. The Hall–Kier alpha value is -0.500. The quantitative estimate of drug-likeness (QED) is 0.208. The molecule has 138 valence electrons. The van der Waals surface area contributed by atoms with Crippen LogP contribution in [0.5, 0.6) is 0 Å². The Labute approximate surface area is 136 Å². The molecule has 0 aliphatic carbocycles. The van der Waals surface area contributed by atoms with Gasteiger partial charge in [0, 0.05) is 6.42 Å². The molecule has 9 heteroatoms. The summed E-state index contributed by atoms with van der Waals surface area (Å²) in [5.74, 6) is -1.48. The van der Waals surface area contributed by atoms with Crippen molar-refractivity contribution in [3.8, 4) is 0 Å². The van der Waals surface area contributed by atoms with Crippen molar-refractivity contribution in [3.05, 3.63) is 0 Å². The second kappa shape index (κ2) is 9.71. The minimum absolute atomic E-state index is 0.0801. The van der Waals surface area contributed by atoms with Crippen molar-refractivity contribution >= 4 is 13.6 Å². The number of rotatable bonds is 11. The van der Waals surface area contributed by atoms with Crippen molar-refractivity contribution in [1.82, 2.24) is 0 Å². The molecule has 0 bridgehead atoms. The molecule has 0 aliphatic heterocycles. The van der Waals surface area contributed by atoms with Gasteiger partial charge in [-0.05, 0) is 12.8 Å². The van der Waals surface area contributed by atoms with Gasteiger partial charge in [-0.15, -0.1) is 0 Å². The van der Waals surface area contributed by atoms with Crippen LogP contribution in [-0.2, 0) is 14.1 Å². The Balaban J connectivity index is 5.90. The van der Waals surface area contributed by atoms with E-state index in [1.165, 1.54) is 0 Å². The van der Waals surface area contributed by atoms with Gasteiger partial charge in [-0.25, -0.2) is 0 Å². The van der Waals surface area contributed by atoms with Gasteiger partial charge in [0.15, 0.2) is 0 Å². The molecule has 23 heavy (non-hydrogen) atoms. The van der Waals surface area contributed by atoms with E-state index in [1.54, 1.807) is 20.8 Å². The minimum atomic E-state index is -5.30. The first kappa shape index (κ1) is 22.5. The molecule has 3 unspecified atom stereocenters. The zero-order valence-electron chi connectivity index (χ0n) is 13.9. The number of esters is 1. The van der Waals surface area contributed by atoms with Crippen molar-refractivity contribution in [2.45, 2.75) is 83.0 Å². The Morgan fingerprint density at radius 3 is 1.65 bits per heavy atom. The van der Waals surface area contributed by atoms with E-state index in [0.717, 1.165) is 0 Å². The molecule has 0 rings (SSSR count). The maximum atomic E-state index is 12.4. The van der Waals surface area contributed by atoms with Crippen LogP contribution in [0.4, 0.5) is 0 Å². The average molecular weight is 356 g/mol. The first-order valence-corrected chi connectivity index (χ1v) is 9.51. The molecule has 0 aliphatic rings. The summed E-state index contributed by atoms with van der Waals surface area (Å²) in [7, 11) is -5.30. The van der Waals surface area contributed by atoms with Crippen molar-refractivity contribution in [2.24, 2.45) is 0 Å². The average Bonchev–Trinajstić information content (AvgIpc) is 2.38. The van der Waals surface area contributed by atoms with Gasteiger partial charge in [-0.1, -0.05) is 40.0 Å². The second-order valence-electron chi connectivity index (χ2n) is 5.63. The fourth-order valence-electron chi connectivity index (χ4n) is 2.51. The zero-order chi connectivity index (χ0) is 18.3. The molecule has 0 amide bonds. The number of aliphatic hydroxyl groups excluding tert-OH is 3. The Morgan fingerprint density at radius 1 is 0.957 bits per heavy atom. The van der Waals surface area contributed by atoms with Gasteiger partial charge in [-0.3, -0.25) is 9.36 Å². The molecule has 0 fully saturated rings. The molecular weight excluding hydrogens is 327 g/mol. The van der Waals surface area contributed by atoms with E-state index in [4.69, 9.17) is 4.74 Å². The number of hydrogen-bond donors (Lipinski definition) is 5. The molecule has 0 spiro atoms. The largest absolute Gasteiger partial charge is 0.435 e. The monoisotopic (exact) mass is 356 g/mol. The standard InChI is InChI=1S/C14H29O8P/c1-4-7-10(15)14(23(19,20)21,11(16)8-5-2)13(18)22-12(17)9-6-3/h10-12,15-17H,4-9H2,1-3H3,(H2,19,20,21). The van der Waals surface area contributed by atoms with Crippen molar-refractivity contribution in [1.29, 1.82) is 0 Å². The van der Waals surface area contributed by atoms with Gasteiger partial charge in [0.2, 0.25) is 11.4 Å². The lowest BCUT2D eigenvalue weighted by atomic mass is 9.89. The summed E-state index contributed by atoms with van der Waals surface area (Å²) in [4.78, 5) is 31.9. The normalized spacial score (nSPS) is 18.8. The molecule has 0 saturated heterocycles. The van der Waals surface area contributed by atoms with Crippen LogP contribution in [-0.4, -0.2) is 54.7 Å². The molecule has 0 saturated carbocycles. The highest BCUT2D eigenvalue weighted by molar-refractivity contribution is 7.55. The molecule has 3 atom stereocenters. The summed E-state index contributed by atoms with van der Waals surface area (Å²) in [6, 6.07) is 0. The number of carbonyl (C=O) groups excluding carboxylic acids is 1. The first-order valence-electron chi connectivity index (χ1n) is 7.90. The van der Waals surface area contributed by atoms with E-state index in [-0.39, 0.29) is 19.3 Å². The number of aliphatic hydroxyl groups is 3. The zero-order valence-corrected chi connectivity index (χ0v) is 14.8. The van der Waals surface area contributed by atoms with Crippen LogP contribution in [0.3, 0.4) is 0 Å². The SMILES string of the molecule is CCCC(O)OC(=O)C(C(O)CCC)(C(O)CCC)P(=O)(O)O. The third-order valence-electron chi connectivity index (χ3n) is 3.73. The fourth-order valence-corrected chi connectivity index (χ4v) is 3.84. The predicted molar refractivity (Wildman–Crippen MR) is 83.6 cm³/mol. The predicted octanol–water partition coefficient (Wildman–Crippen LogP) is 0.887. The highest BCUT2D eigenvalue weighted by Gasteiger charge is 2.64. The maximum Gasteiger partial charge on any atom is 0.348 e. The van der Waals surface area contributed by atoms with Gasteiger partial charge in [0.1, 0.15) is 0 Å². The molecule has 0 aromatic heterocycles. The summed E-state index contributed by atoms with van der Waals surface area (Å²) in [5, 5.41) is 27.4. The van der Waals surface area contributed by atoms with Crippen molar-refractivity contribution in [2.75, 3.05) is 0 Å². The Kier molecular flexibility index (Phi) is 9.50. The van der Waals surface area contributed by atoms with Crippen LogP contribution in [0, 0.1) is 0 Å². The Bertz CT molecular complexity index is 396. The van der Waals surface area contributed by atoms with Crippen molar-refractivity contribution < 1.29 is 39.2 Å². The van der Waals surface area contributed by atoms with Crippen LogP contribution in [0.2, 0.25) is 0 Å². The topological polar surface area (TPSA) is 145 Å².